The molecule has 0 unspecified atom stereocenters. The molecule has 3 rings (SSSR count). The molecule has 0 aliphatic heterocycles. The maximum Gasteiger partial charge on any atom is 0.331 e. The molecule has 0 fully saturated rings. The first-order chi connectivity index (χ1) is 11.4. The molecule has 0 saturated carbocycles. The third-order valence-corrected chi connectivity index (χ3v) is 4.06. The van der Waals surface area contributed by atoms with Crippen LogP contribution in [-0.4, -0.2) is 13.7 Å². The summed E-state index contributed by atoms with van der Waals surface area (Å²) in [4.78, 5) is 24.8. The van der Waals surface area contributed by atoms with Crippen LogP contribution in [0.25, 0.3) is 10.9 Å². The summed E-state index contributed by atoms with van der Waals surface area (Å²) < 4.78 is 18.3. The van der Waals surface area contributed by atoms with Gasteiger partial charge >= 0.3 is 5.69 Å². The summed E-state index contributed by atoms with van der Waals surface area (Å²) in [6.07, 6.45) is 3.42. The predicted octanol–water partition coefficient (Wildman–Crippen LogP) is 2.35. The topological polar surface area (TPSA) is 48.9 Å². The van der Waals surface area contributed by atoms with Gasteiger partial charge in [0, 0.05) is 38.1 Å². The predicted molar refractivity (Wildman–Crippen MR) is 91.8 cm³/mol. The lowest BCUT2D eigenvalue weighted by atomic mass is 10.2. The molecule has 0 N–H and O–H groups in total. The van der Waals surface area contributed by atoms with E-state index in [2.05, 4.69) is 0 Å². The van der Waals surface area contributed by atoms with Crippen molar-refractivity contribution in [3.05, 3.63) is 68.9 Å². The highest BCUT2D eigenvalue weighted by Crippen LogP contribution is 2.15. The first-order valence-electron chi connectivity index (χ1n) is 7.91. The largest absolute Gasteiger partial charge is 0.347 e. The van der Waals surface area contributed by atoms with Crippen molar-refractivity contribution in [2.75, 3.05) is 0 Å². The molecule has 0 radical (unpaired) electrons. The normalized spacial score (nSPS) is 11.5. The summed E-state index contributed by atoms with van der Waals surface area (Å²) in [5.41, 5.74) is 0.465. The van der Waals surface area contributed by atoms with Crippen molar-refractivity contribution in [2.45, 2.75) is 26.9 Å². The fraction of sp³-hybridized carbons (Fsp3) is 0.333. The first kappa shape index (κ1) is 16.2. The van der Waals surface area contributed by atoms with Crippen LogP contribution in [0.2, 0.25) is 0 Å². The SMILES string of the molecule is CC(C)Cn1c(=O)n(C)c(=O)c2cn(Cc3ccccc3F)cc21. The maximum atomic E-state index is 13.9. The van der Waals surface area contributed by atoms with Gasteiger partial charge in [0.2, 0.25) is 0 Å². The highest BCUT2D eigenvalue weighted by molar-refractivity contribution is 5.77. The minimum absolute atomic E-state index is 0.262. The van der Waals surface area contributed by atoms with Crippen LogP contribution in [0.4, 0.5) is 4.39 Å². The zero-order chi connectivity index (χ0) is 17.4. The molecule has 0 bridgehead atoms. The molecule has 0 saturated heterocycles. The number of halogens is 1. The molecular formula is C18H20FN3O2. The number of nitrogens with zero attached hydrogens (tertiary/aromatic N) is 3. The lowest BCUT2D eigenvalue weighted by Crippen LogP contribution is -2.38. The van der Waals surface area contributed by atoms with Gasteiger partial charge in [0.1, 0.15) is 5.82 Å². The van der Waals surface area contributed by atoms with Crippen LogP contribution in [0.1, 0.15) is 19.4 Å². The van der Waals surface area contributed by atoms with Crippen LogP contribution in [0, 0.1) is 11.7 Å². The van der Waals surface area contributed by atoms with Gasteiger partial charge < -0.3 is 4.57 Å². The van der Waals surface area contributed by atoms with E-state index in [9.17, 15) is 14.0 Å². The number of aromatic nitrogens is 3. The van der Waals surface area contributed by atoms with E-state index in [-0.39, 0.29) is 23.0 Å². The van der Waals surface area contributed by atoms with E-state index in [0.29, 0.717) is 29.6 Å². The number of hydrogen-bond acceptors (Lipinski definition) is 2. The Morgan fingerprint density at radius 1 is 1.12 bits per heavy atom. The van der Waals surface area contributed by atoms with Gasteiger partial charge in [-0.05, 0) is 12.0 Å². The quantitative estimate of drug-likeness (QED) is 0.738. The molecule has 0 aliphatic rings. The van der Waals surface area contributed by atoms with E-state index in [1.165, 1.54) is 13.1 Å². The van der Waals surface area contributed by atoms with Crippen LogP contribution in [-0.2, 0) is 20.1 Å². The number of rotatable bonds is 4. The minimum atomic E-state index is -0.331. The van der Waals surface area contributed by atoms with Crippen LogP contribution < -0.4 is 11.2 Å². The van der Waals surface area contributed by atoms with Crippen molar-refractivity contribution in [1.82, 2.24) is 13.7 Å². The van der Waals surface area contributed by atoms with Crippen molar-refractivity contribution in [1.29, 1.82) is 0 Å². The summed E-state index contributed by atoms with van der Waals surface area (Å²) >= 11 is 0. The van der Waals surface area contributed by atoms with Crippen molar-refractivity contribution in [3.8, 4) is 0 Å². The Balaban J connectivity index is 2.17. The van der Waals surface area contributed by atoms with Crippen molar-refractivity contribution in [3.63, 3.8) is 0 Å². The standard InChI is InChI=1S/C18H20FN3O2/c1-12(2)8-22-16-11-21(9-13-6-4-5-7-15(13)19)10-14(16)17(23)20(3)18(22)24/h4-7,10-12H,8-9H2,1-3H3. The monoisotopic (exact) mass is 329 g/mol. The smallest absolute Gasteiger partial charge is 0.331 e. The summed E-state index contributed by atoms with van der Waals surface area (Å²) in [5.74, 6) is -0.0268. The summed E-state index contributed by atoms with van der Waals surface area (Å²) in [6.45, 7) is 4.85. The van der Waals surface area contributed by atoms with E-state index < -0.39 is 0 Å². The Bertz CT molecular complexity index is 1010. The van der Waals surface area contributed by atoms with Gasteiger partial charge in [0.25, 0.3) is 5.56 Å². The molecule has 5 nitrogen and oxygen atoms in total. The van der Waals surface area contributed by atoms with Gasteiger partial charge in [-0.2, -0.15) is 0 Å². The molecule has 2 heterocycles. The number of fused-ring (bicyclic) bond motifs is 1. The second-order valence-corrected chi connectivity index (χ2v) is 6.47. The Labute approximate surface area is 138 Å². The third-order valence-electron chi connectivity index (χ3n) is 4.06. The second kappa shape index (κ2) is 6.11. The van der Waals surface area contributed by atoms with Crippen molar-refractivity contribution in [2.24, 2.45) is 13.0 Å². The molecule has 0 spiro atoms. The van der Waals surface area contributed by atoms with Gasteiger partial charge in [-0.1, -0.05) is 32.0 Å². The fourth-order valence-corrected chi connectivity index (χ4v) is 2.88. The van der Waals surface area contributed by atoms with Gasteiger partial charge in [0.05, 0.1) is 10.9 Å². The zero-order valence-corrected chi connectivity index (χ0v) is 14.0. The molecule has 0 amide bonds. The molecule has 126 valence electrons. The molecule has 6 heteroatoms. The van der Waals surface area contributed by atoms with Gasteiger partial charge in [-0.15, -0.1) is 0 Å². The Morgan fingerprint density at radius 2 is 1.83 bits per heavy atom. The Hall–Kier alpha value is -2.63. The average Bonchev–Trinajstić information content (AvgIpc) is 2.95. The van der Waals surface area contributed by atoms with Crippen molar-refractivity contribution < 1.29 is 4.39 Å². The van der Waals surface area contributed by atoms with Gasteiger partial charge in [0.15, 0.2) is 0 Å². The third kappa shape index (κ3) is 2.79. The highest BCUT2D eigenvalue weighted by atomic mass is 19.1. The van der Waals surface area contributed by atoms with E-state index >= 15 is 0 Å². The lowest BCUT2D eigenvalue weighted by molar-refractivity contribution is 0.502. The van der Waals surface area contributed by atoms with Crippen LogP contribution in [0.3, 0.4) is 0 Å². The van der Waals surface area contributed by atoms with E-state index in [1.54, 1.807) is 39.7 Å². The average molecular weight is 329 g/mol. The fourth-order valence-electron chi connectivity index (χ4n) is 2.88. The van der Waals surface area contributed by atoms with Crippen LogP contribution in [0.5, 0.6) is 0 Å². The van der Waals surface area contributed by atoms with E-state index in [0.717, 1.165) is 4.57 Å². The molecule has 0 atom stereocenters. The van der Waals surface area contributed by atoms with Gasteiger partial charge in [-0.3, -0.25) is 13.9 Å². The zero-order valence-electron chi connectivity index (χ0n) is 14.0. The molecular weight excluding hydrogens is 309 g/mol. The lowest BCUT2D eigenvalue weighted by Gasteiger charge is -2.11. The van der Waals surface area contributed by atoms with E-state index in [4.69, 9.17) is 0 Å². The van der Waals surface area contributed by atoms with E-state index in [1.807, 2.05) is 13.8 Å². The molecule has 0 aliphatic carbocycles. The number of benzene rings is 1. The minimum Gasteiger partial charge on any atom is -0.347 e. The number of hydrogen-bond donors (Lipinski definition) is 0. The summed E-state index contributed by atoms with van der Waals surface area (Å²) in [6, 6.07) is 6.53. The summed E-state index contributed by atoms with van der Waals surface area (Å²) in [5, 5.41) is 0.467. The van der Waals surface area contributed by atoms with Crippen LogP contribution >= 0.6 is 0 Å². The summed E-state index contributed by atoms with van der Waals surface area (Å²) in [7, 11) is 1.48. The molecule has 24 heavy (non-hydrogen) atoms. The molecule has 1 aromatic carbocycles. The maximum absolute atomic E-state index is 13.9. The first-order valence-corrected chi connectivity index (χ1v) is 7.91. The second-order valence-electron chi connectivity index (χ2n) is 6.47. The molecule has 2 aromatic heterocycles. The Morgan fingerprint density at radius 3 is 2.50 bits per heavy atom. The van der Waals surface area contributed by atoms with Gasteiger partial charge in [-0.25, -0.2) is 9.18 Å². The molecule has 3 aromatic rings. The highest BCUT2D eigenvalue weighted by Gasteiger charge is 2.14. The van der Waals surface area contributed by atoms with Crippen LogP contribution in [0.15, 0.2) is 46.2 Å². The Kier molecular flexibility index (Phi) is 4.13. The van der Waals surface area contributed by atoms with Crippen molar-refractivity contribution >= 4 is 10.9 Å².